The van der Waals surface area contributed by atoms with E-state index in [1.54, 1.807) is 12.1 Å². The highest BCUT2D eigenvalue weighted by molar-refractivity contribution is 6.07. The molecule has 1 heterocycles. The van der Waals surface area contributed by atoms with Crippen LogP contribution in [0.15, 0.2) is 18.3 Å². The van der Waals surface area contributed by atoms with Crippen LogP contribution in [0.2, 0.25) is 0 Å². The lowest BCUT2D eigenvalue weighted by Gasteiger charge is -2.26. The summed E-state index contributed by atoms with van der Waals surface area (Å²) < 4.78 is 0. The Labute approximate surface area is 109 Å². The standard InChI is InChI=1S/C14H13NO4/c1-6-2-7-3-8-12(14(19)9(7)5-15-6)10(16)4-11(17)13(8)18/h2-3,5,11,13,17-19H,4H2,1H3/t11-,13-/m0/s1. The fourth-order valence-electron chi connectivity index (χ4n) is 2.55. The molecule has 0 fully saturated rings. The summed E-state index contributed by atoms with van der Waals surface area (Å²) >= 11 is 0. The predicted molar refractivity (Wildman–Crippen MR) is 68.1 cm³/mol. The van der Waals surface area contributed by atoms with Gasteiger partial charge in [0.2, 0.25) is 0 Å². The van der Waals surface area contributed by atoms with Crippen LogP contribution in [-0.4, -0.2) is 32.2 Å². The molecule has 1 aliphatic rings. The number of pyridine rings is 1. The SMILES string of the molecule is Cc1cc2cc3c(c(O)c2cn1)C(=O)C[C@H](O)[C@H]3O. The second-order valence-corrected chi connectivity index (χ2v) is 4.88. The number of nitrogens with zero attached hydrogens (tertiary/aromatic N) is 1. The summed E-state index contributed by atoms with van der Waals surface area (Å²) in [6, 6.07) is 3.39. The van der Waals surface area contributed by atoms with Crippen LogP contribution in [0.25, 0.3) is 10.8 Å². The number of carbonyl (C=O) groups excluding carboxylic acids is 1. The highest BCUT2D eigenvalue weighted by Crippen LogP contribution is 2.39. The van der Waals surface area contributed by atoms with E-state index in [0.29, 0.717) is 10.8 Å². The maximum absolute atomic E-state index is 11.9. The highest BCUT2D eigenvalue weighted by Gasteiger charge is 2.34. The molecule has 2 atom stereocenters. The number of rotatable bonds is 0. The molecule has 0 saturated heterocycles. The number of aromatic hydroxyl groups is 1. The van der Waals surface area contributed by atoms with Crippen molar-refractivity contribution in [2.45, 2.75) is 25.6 Å². The molecule has 0 aliphatic heterocycles. The molecule has 3 rings (SSSR count). The molecular weight excluding hydrogens is 246 g/mol. The van der Waals surface area contributed by atoms with Crippen molar-refractivity contribution in [2.24, 2.45) is 0 Å². The maximum atomic E-state index is 11.9. The number of aliphatic hydroxyl groups excluding tert-OH is 2. The van der Waals surface area contributed by atoms with Gasteiger partial charge in [0.25, 0.3) is 0 Å². The average Bonchev–Trinajstić information content (AvgIpc) is 2.35. The fraction of sp³-hybridized carbons (Fsp3) is 0.286. The Kier molecular flexibility index (Phi) is 2.55. The van der Waals surface area contributed by atoms with Gasteiger partial charge in [-0.05, 0) is 30.0 Å². The lowest BCUT2D eigenvalue weighted by Crippen LogP contribution is -2.29. The highest BCUT2D eigenvalue weighted by atomic mass is 16.3. The molecule has 1 aromatic carbocycles. The first-order valence-corrected chi connectivity index (χ1v) is 6.00. The predicted octanol–water partition coefficient (Wildman–Crippen LogP) is 1.23. The van der Waals surface area contributed by atoms with Crippen LogP contribution in [0.4, 0.5) is 0 Å². The number of carbonyl (C=O) groups is 1. The van der Waals surface area contributed by atoms with Crippen molar-refractivity contribution in [1.29, 1.82) is 0 Å². The number of aliphatic hydroxyl groups is 2. The van der Waals surface area contributed by atoms with E-state index in [4.69, 9.17) is 0 Å². The van der Waals surface area contributed by atoms with E-state index in [2.05, 4.69) is 4.98 Å². The summed E-state index contributed by atoms with van der Waals surface area (Å²) in [4.78, 5) is 16.0. The van der Waals surface area contributed by atoms with Crippen LogP contribution < -0.4 is 0 Å². The van der Waals surface area contributed by atoms with Gasteiger partial charge in [-0.15, -0.1) is 0 Å². The van der Waals surface area contributed by atoms with Gasteiger partial charge >= 0.3 is 0 Å². The minimum absolute atomic E-state index is 0.0935. The maximum Gasteiger partial charge on any atom is 0.169 e. The van der Waals surface area contributed by atoms with Crippen molar-refractivity contribution < 1.29 is 20.1 Å². The Hall–Kier alpha value is -1.98. The number of Topliss-reactive ketones (excluding diaryl/α,β-unsaturated/α-hetero) is 1. The number of aromatic nitrogens is 1. The number of phenolic OH excluding ortho intramolecular Hbond substituents is 1. The zero-order valence-corrected chi connectivity index (χ0v) is 10.3. The number of ketones is 1. The number of benzene rings is 1. The van der Waals surface area contributed by atoms with Crippen LogP contribution in [0.1, 0.15) is 34.1 Å². The number of fused-ring (bicyclic) bond motifs is 2. The zero-order chi connectivity index (χ0) is 13.7. The molecule has 0 amide bonds. The van der Waals surface area contributed by atoms with Crippen LogP contribution in [0.3, 0.4) is 0 Å². The van der Waals surface area contributed by atoms with Crippen molar-refractivity contribution in [1.82, 2.24) is 4.98 Å². The quantitative estimate of drug-likeness (QED) is 0.662. The third-order valence-electron chi connectivity index (χ3n) is 3.52. The van der Waals surface area contributed by atoms with Crippen molar-refractivity contribution in [3.05, 3.63) is 35.2 Å². The van der Waals surface area contributed by atoms with Gasteiger partial charge in [0.1, 0.15) is 11.9 Å². The molecule has 19 heavy (non-hydrogen) atoms. The summed E-state index contributed by atoms with van der Waals surface area (Å²) in [6.07, 6.45) is -0.964. The second-order valence-electron chi connectivity index (χ2n) is 4.88. The largest absolute Gasteiger partial charge is 0.506 e. The Morgan fingerprint density at radius 3 is 2.79 bits per heavy atom. The summed E-state index contributed by atoms with van der Waals surface area (Å²) in [5.41, 5.74) is 1.14. The normalized spacial score (nSPS) is 22.6. The molecule has 0 unspecified atom stereocenters. The number of hydrogen-bond donors (Lipinski definition) is 3. The van der Waals surface area contributed by atoms with Gasteiger partial charge in [-0.2, -0.15) is 0 Å². The Morgan fingerprint density at radius 2 is 2.05 bits per heavy atom. The molecule has 98 valence electrons. The van der Waals surface area contributed by atoms with Crippen molar-refractivity contribution in [3.8, 4) is 5.75 Å². The summed E-state index contributed by atoms with van der Waals surface area (Å²) in [6.45, 7) is 1.81. The molecule has 0 saturated carbocycles. The molecule has 1 aliphatic carbocycles. The Balaban J connectivity index is 2.38. The Morgan fingerprint density at radius 1 is 1.32 bits per heavy atom. The van der Waals surface area contributed by atoms with E-state index in [1.807, 2.05) is 6.92 Å². The second kappa shape index (κ2) is 4.01. The third-order valence-corrected chi connectivity index (χ3v) is 3.52. The summed E-state index contributed by atoms with van der Waals surface area (Å²) in [5, 5.41) is 31.0. The van der Waals surface area contributed by atoms with Crippen molar-refractivity contribution in [3.63, 3.8) is 0 Å². The molecule has 2 aromatic rings. The van der Waals surface area contributed by atoms with Crippen molar-refractivity contribution in [2.75, 3.05) is 0 Å². The van der Waals surface area contributed by atoms with E-state index in [1.165, 1.54) is 6.20 Å². The lowest BCUT2D eigenvalue weighted by atomic mass is 9.84. The fourth-order valence-corrected chi connectivity index (χ4v) is 2.55. The molecule has 5 heteroatoms. The smallest absolute Gasteiger partial charge is 0.169 e. The number of hydrogen-bond acceptors (Lipinski definition) is 5. The van der Waals surface area contributed by atoms with Gasteiger partial charge in [0, 0.05) is 23.7 Å². The third kappa shape index (κ3) is 1.70. The Bertz CT molecular complexity index is 695. The van der Waals surface area contributed by atoms with E-state index in [0.717, 1.165) is 5.69 Å². The van der Waals surface area contributed by atoms with Crippen LogP contribution >= 0.6 is 0 Å². The van der Waals surface area contributed by atoms with Crippen LogP contribution in [-0.2, 0) is 0 Å². The molecular formula is C14H13NO4. The summed E-state index contributed by atoms with van der Waals surface area (Å²) in [7, 11) is 0. The molecule has 0 radical (unpaired) electrons. The van der Waals surface area contributed by atoms with Gasteiger partial charge in [-0.3, -0.25) is 9.78 Å². The molecule has 0 spiro atoms. The molecule has 0 bridgehead atoms. The summed E-state index contributed by atoms with van der Waals surface area (Å²) in [5.74, 6) is -0.538. The molecule has 1 aromatic heterocycles. The minimum Gasteiger partial charge on any atom is -0.506 e. The lowest BCUT2D eigenvalue weighted by molar-refractivity contribution is 0.00855. The number of aryl methyl sites for hydroxylation is 1. The van der Waals surface area contributed by atoms with Gasteiger partial charge in [-0.1, -0.05) is 0 Å². The first kappa shape index (κ1) is 12.1. The first-order valence-electron chi connectivity index (χ1n) is 6.00. The van der Waals surface area contributed by atoms with Gasteiger partial charge < -0.3 is 15.3 Å². The van der Waals surface area contributed by atoms with Gasteiger partial charge in [0.15, 0.2) is 5.78 Å². The average molecular weight is 259 g/mol. The van der Waals surface area contributed by atoms with Crippen LogP contribution in [0.5, 0.6) is 5.75 Å². The van der Waals surface area contributed by atoms with Gasteiger partial charge in [0.05, 0.1) is 11.7 Å². The van der Waals surface area contributed by atoms with Crippen molar-refractivity contribution >= 4 is 16.6 Å². The topological polar surface area (TPSA) is 90.7 Å². The van der Waals surface area contributed by atoms with E-state index in [9.17, 15) is 20.1 Å². The van der Waals surface area contributed by atoms with Gasteiger partial charge in [-0.25, -0.2) is 0 Å². The van der Waals surface area contributed by atoms with Crippen LogP contribution in [0, 0.1) is 6.92 Å². The monoisotopic (exact) mass is 259 g/mol. The first-order chi connectivity index (χ1) is 8.99. The molecule has 3 N–H and O–H groups in total. The molecule has 5 nitrogen and oxygen atoms in total. The zero-order valence-electron chi connectivity index (χ0n) is 10.3. The van der Waals surface area contributed by atoms with E-state index >= 15 is 0 Å². The van der Waals surface area contributed by atoms with E-state index < -0.39 is 12.2 Å². The number of phenols is 1. The van der Waals surface area contributed by atoms with E-state index in [-0.39, 0.29) is 29.1 Å². The minimum atomic E-state index is -1.16.